The molecule has 3 rings (SSSR count). The molecule has 1 saturated heterocycles. The van der Waals surface area contributed by atoms with Gasteiger partial charge in [-0.1, -0.05) is 0 Å². The minimum absolute atomic E-state index is 0.00594. The number of alkyl halides is 6. The summed E-state index contributed by atoms with van der Waals surface area (Å²) in [5, 5.41) is 2.21. The molecule has 32 heavy (non-hydrogen) atoms. The average Bonchev–Trinajstić information content (AvgIpc) is 2.68. The Morgan fingerprint density at radius 1 is 1.06 bits per heavy atom. The molecule has 1 aliphatic heterocycles. The van der Waals surface area contributed by atoms with Gasteiger partial charge in [-0.25, -0.2) is 9.18 Å². The number of urea groups is 1. The topological polar surface area (TPSA) is 52.7 Å². The maximum atomic E-state index is 13.7. The van der Waals surface area contributed by atoms with Crippen LogP contribution in [0, 0.1) is 5.82 Å². The molecule has 0 saturated carbocycles. The zero-order valence-electron chi connectivity index (χ0n) is 16.4. The van der Waals surface area contributed by atoms with Crippen molar-refractivity contribution < 1.29 is 40.3 Å². The summed E-state index contributed by atoms with van der Waals surface area (Å²) < 4.78 is 94.1. The van der Waals surface area contributed by atoms with E-state index in [9.17, 15) is 40.3 Å². The van der Waals surface area contributed by atoms with E-state index in [4.69, 9.17) is 0 Å². The van der Waals surface area contributed by atoms with E-state index in [-0.39, 0.29) is 25.0 Å². The Kier molecular flexibility index (Phi) is 6.07. The van der Waals surface area contributed by atoms with E-state index in [1.165, 1.54) is 19.1 Å². The van der Waals surface area contributed by atoms with Crippen LogP contribution in [0.2, 0.25) is 0 Å². The summed E-state index contributed by atoms with van der Waals surface area (Å²) in [7, 11) is 0. The summed E-state index contributed by atoms with van der Waals surface area (Å²) in [6.45, 7) is 1.22. The minimum Gasteiger partial charge on any atom is -0.320 e. The second-order valence-corrected chi connectivity index (χ2v) is 6.88. The van der Waals surface area contributed by atoms with Crippen LogP contribution < -0.4 is 15.1 Å². The fourth-order valence-electron chi connectivity index (χ4n) is 3.29. The van der Waals surface area contributed by atoms with Crippen molar-refractivity contribution in [3.05, 3.63) is 58.9 Å². The van der Waals surface area contributed by atoms with Crippen molar-refractivity contribution in [1.29, 1.82) is 0 Å². The number of nitrogens with one attached hydrogen (secondary N) is 1. The number of rotatable bonds is 5. The minimum atomic E-state index is -5.22. The third-order valence-electron chi connectivity index (χ3n) is 4.87. The number of nitrogens with zero attached hydrogens (tertiary/aromatic N) is 2. The third kappa shape index (κ3) is 4.63. The van der Waals surface area contributed by atoms with Crippen molar-refractivity contribution >= 4 is 23.3 Å². The van der Waals surface area contributed by atoms with Gasteiger partial charge in [0.1, 0.15) is 12.5 Å². The molecule has 172 valence electrons. The van der Waals surface area contributed by atoms with Crippen LogP contribution in [0.4, 0.5) is 46.9 Å². The van der Waals surface area contributed by atoms with E-state index in [1.807, 2.05) is 0 Å². The van der Waals surface area contributed by atoms with Gasteiger partial charge in [0.25, 0.3) is 0 Å². The Hall–Kier alpha value is -3.31. The van der Waals surface area contributed by atoms with Gasteiger partial charge in [-0.2, -0.15) is 26.3 Å². The van der Waals surface area contributed by atoms with Gasteiger partial charge in [-0.15, -0.1) is 0 Å². The predicted molar refractivity (Wildman–Crippen MR) is 100 cm³/mol. The number of hydrogen-bond acceptors (Lipinski definition) is 2. The van der Waals surface area contributed by atoms with Gasteiger partial charge in [0.15, 0.2) is 0 Å². The lowest BCUT2D eigenvalue weighted by Gasteiger charge is -2.35. The van der Waals surface area contributed by atoms with E-state index in [0.717, 1.165) is 17.0 Å². The molecule has 0 spiro atoms. The average molecular weight is 463 g/mol. The van der Waals surface area contributed by atoms with Crippen LogP contribution in [0.25, 0.3) is 0 Å². The first-order valence-corrected chi connectivity index (χ1v) is 9.25. The van der Waals surface area contributed by atoms with Crippen molar-refractivity contribution in [2.45, 2.75) is 25.7 Å². The quantitative estimate of drug-likeness (QED) is 0.639. The van der Waals surface area contributed by atoms with Gasteiger partial charge in [0.2, 0.25) is 5.91 Å². The molecule has 0 bridgehead atoms. The number of likely N-dealkylation sites (N-methyl/N-ethyl adjacent to an activating group) is 1. The normalized spacial score (nSPS) is 14.1. The molecule has 0 unspecified atom stereocenters. The molecule has 1 aliphatic rings. The fraction of sp³-hybridized carbons (Fsp3) is 0.300. The van der Waals surface area contributed by atoms with Crippen molar-refractivity contribution in [1.82, 2.24) is 5.32 Å². The zero-order valence-corrected chi connectivity index (χ0v) is 16.4. The molecule has 0 aliphatic carbocycles. The third-order valence-corrected chi connectivity index (χ3v) is 4.87. The highest BCUT2D eigenvalue weighted by Crippen LogP contribution is 2.42. The van der Waals surface area contributed by atoms with E-state index in [0.29, 0.717) is 11.0 Å². The van der Waals surface area contributed by atoms with Gasteiger partial charge in [-0.05, 0) is 48.9 Å². The molecule has 0 aromatic heterocycles. The SMILES string of the molecule is CCN(C(=O)Cc1c(N2CNC2=O)cc(C(F)(F)F)cc1C(F)(F)F)c1ccc(F)cc1. The smallest absolute Gasteiger partial charge is 0.320 e. The van der Waals surface area contributed by atoms with Crippen LogP contribution in [-0.4, -0.2) is 25.2 Å². The van der Waals surface area contributed by atoms with E-state index in [2.05, 4.69) is 5.32 Å². The fourth-order valence-corrected chi connectivity index (χ4v) is 3.29. The van der Waals surface area contributed by atoms with Crippen molar-refractivity contribution in [2.75, 3.05) is 23.0 Å². The van der Waals surface area contributed by atoms with Crippen LogP contribution in [0.5, 0.6) is 0 Å². The highest BCUT2D eigenvalue weighted by Gasteiger charge is 2.42. The van der Waals surface area contributed by atoms with Crippen LogP contribution in [0.3, 0.4) is 0 Å². The summed E-state index contributed by atoms with van der Waals surface area (Å²) in [6, 6.07) is 4.07. The first kappa shape index (κ1) is 23.4. The Bertz CT molecular complexity index is 1030. The highest BCUT2D eigenvalue weighted by atomic mass is 19.4. The number of benzene rings is 2. The second kappa shape index (κ2) is 8.32. The highest BCUT2D eigenvalue weighted by molar-refractivity contribution is 6.01. The first-order chi connectivity index (χ1) is 14.8. The molecule has 0 atom stereocenters. The Balaban J connectivity index is 2.11. The lowest BCUT2D eigenvalue weighted by molar-refractivity contribution is -0.143. The molecule has 0 radical (unpaired) electrons. The zero-order chi connectivity index (χ0) is 23.8. The molecule has 1 fully saturated rings. The molecular weight excluding hydrogens is 447 g/mol. The van der Waals surface area contributed by atoms with Crippen LogP contribution >= 0.6 is 0 Å². The molecule has 2 aromatic rings. The van der Waals surface area contributed by atoms with Crippen LogP contribution in [0.1, 0.15) is 23.6 Å². The summed E-state index contributed by atoms with van der Waals surface area (Å²) in [5.74, 6) is -1.46. The van der Waals surface area contributed by atoms with Gasteiger partial charge >= 0.3 is 18.4 Å². The van der Waals surface area contributed by atoms with Crippen molar-refractivity contribution in [3.63, 3.8) is 0 Å². The predicted octanol–water partition coefficient (Wildman–Crippen LogP) is 4.95. The lowest BCUT2D eigenvalue weighted by atomic mass is 9.96. The summed E-state index contributed by atoms with van der Waals surface area (Å²) in [6.07, 6.45) is -11.3. The maximum Gasteiger partial charge on any atom is 0.416 e. The molecule has 2 aromatic carbocycles. The van der Waals surface area contributed by atoms with Crippen LogP contribution in [0.15, 0.2) is 36.4 Å². The molecule has 1 heterocycles. The van der Waals surface area contributed by atoms with E-state index < -0.39 is 58.9 Å². The van der Waals surface area contributed by atoms with E-state index >= 15 is 0 Å². The molecule has 1 N–H and O–H groups in total. The van der Waals surface area contributed by atoms with Crippen LogP contribution in [-0.2, 0) is 23.6 Å². The molecule has 12 heteroatoms. The Morgan fingerprint density at radius 3 is 2.12 bits per heavy atom. The summed E-state index contributed by atoms with van der Waals surface area (Å²) in [4.78, 5) is 26.4. The molecule has 5 nitrogen and oxygen atoms in total. The van der Waals surface area contributed by atoms with Crippen molar-refractivity contribution in [3.8, 4) is 0 Å². The summed E-state index contributed by atoms with van der Waals surface area (Å²) in [5.41, 5.74) is -4.47. The second-order valence-electron chi connectivity index (χ2n) is 6.88. The molecule has 3 amide bonds. The van der Waals surface area contributed by atoms with Gasteiger partial charge in [0.05, 0.1) is 23.2 Å². The number of carbonyl (C=O) groups is 2. The number of carbonyl (C=O) groups excluding carboxylic acids is 2. The van der Waals surface area contributed by atoms with Gasteiger partial charge < -0.3 is 10.2 Å². The lowest BCUT2D eigenvalue weighted by Crippen LogP contribution is -2.57. The van der Waals surface area contributed by atoms with Gasteiger partial charge in [-0.3, -0.25) is 9.69 Å². The number of amides is 3. The first-order valence-electron chi connectivity index (χ1n) is 9.25. The van der Waals surface area contributed by atoms with Crippen molar-refractivity contribution in [2.24, 2.45) is 0 Å². The number of anilines is 2. The standard InChI is InChI=1S/C20H16F7N3O2/c1-2-29(13-5-3-12(21)4-6-13)17(31)9-14-15(20(25,26)27)7-11(19(22,23)24)8-16(14)30-10-28-18(30)32/h3-8H,2,9-10H2,1H3,(H,28,32). The van der Waals surface area contributed by atoms with Gasteiger partial charge in [0, 0.05) is 12.2 Å². The largest absolute Gasteiger partial charge is 0.416 e. The monoisotopic (exact) mass is 463 g/mol. The molecular formula is C20H16F7N3O2. The number of halogens is 7. The number of hydrogen-bond donors (Lipinski definition) is 1. The van der Waals surface area contributed by atoms with E-state index in [1.54, 1.807) is 0 Å². The Labute approximate surface area is 177 Å². The summed E-state index contributed by atoms with van der Waals surface area (Å²) >= 11 is 0. The Morgan fingerprint density at radius 2 is 1.69 bits per heavy atom. The maximum absolute atomic E-state index is 13.7.